The Morgan fingerprint density at radius 1 is 0.479 bits per heavy atom. The van der Waals surface area contributed by atoms with Gasteiger partial charge in [0.25, 0.3) is 0 Å². The molecule has 4 aromatic rings. The molecule has 0 N–H and O–H groups in total. The van der Waals surface area contributed by atoms with E-state index in [0.29, 0.717) is 58.1 Å². The Kier molecular flexibility index (Phi) is 12.7. The average Bonchev–Trinajstić information content (AvgIpc) is 3.10. The minimum absolute atomic E-state index is 0.0280. The van der Waals surface area contributed by atoms with Crippen molar-refractivity contribution >= 4 is 11.6 Å². The second kappa shape index (κ2) is 17.7. The topological polar surface area (TPSA) is 52.6 Å². The lowest BCUT2D eigenvalue weighted by Gasteiger charge is -2.14. The van der Waals surface area contributed by atoms with Crippen LogP contribution < -0.4 is 9.47 Å². The van der Waals surface area contributed by atoms with Gasteiger partial charge in [0, 0.05) is 34.4 Å². The zero-order valence-electron chi connectivity index (χ0n) is 28.2. The molecule has 0 aromatic heterocycles. The van der Waals surface area contributed by atoms with Crippen molar-refractivity contribution in [3.05, 3.63) is 129 Å². The van der Waals surface area contributed by atoms with Gasteiger partial charge in [-0.15, -0.1) is 0 Å². The minimum Gasteiger partial charge on any atom is -0.492 e. The van der Waals surface area contributed by atoms with E-state index in [-0.39, 0.29) is 11.6 Å². The maximum atomic E-state index is 12.3. The fraction of sp³-hybridized carbons (Fsp3) is 0.318. The first-order chi connectivity index (χ1) is 23.5. The van der Waals surface area contributed by atoms with Crippen LogP contribution in [0.1, 0.15) is 119 Å². The van der Waals surface area contributed by atoms with E-state index >= 15 is 0 Å². The van der Waals surface area contributed by atoms with Gasteiger partial charge in [-0.25, -0.2) is 0 Å². The molecule has 4 bridgehead atoms. The Bertz CT molecular complexity index is 1710. The minimum atomic E-state index is -0.0280. The van der Waals surface area contributed by atoms with Gasteiger partial charge in [-0.2, -0.15) is 0 Å². The summed E-state index contributed by atoms with van der Waals surface area (Å²) in [4.78, 5) is 24.6. The highest BCUT2D eigenvalue weighted by Crippen LogP contribution is 2.30. The molecule has 0 amide bonds. The van der Waals surface area contributed by atoms with E-state index in [2.05, 4.69) is 47.9 Å². The third-order valence-electron chi connectivity index (χ3n) is 8.62. The van der Waals surface area contributed by atoms with Crippen LogP contribution in [-0.4, -0.2) is 24.8 Å². The monoisotopic (exact) mass is 636 g/mol. The van der Waals surface area contributed by atoms with Crippen LogP contribution in [0.3, 0.4) is 0 Å². The predicted molar refractivity (Wildman–Crippen MR) is 193 cm³/mol. The molecule has 4 heterocycles. The quantitative estimate of drug-likeness (QED) is 0.162. The van der Waals surface area contributed by atoms with Crippen LogP contribution in [-0.2, 0) is 12.8 Å². The number of carbonyl (C=O) groups excluding carboxylic acids is 2. The summed E-state index contributed by atoms with van der Waals surface area (Å²) in [5.74, 6) is 14.2. The van der Waals surface area contributed by atoms with Crippen molar-refractivity contribution in [3.63, 3.8) is 0 Å². The van der Waals surface area contributed by atoms with Gasteiger partial charge in [0.05, 0.1) is 24.3 Å². The highest BCUT2D eigenvalue weighted by molar-refractivity contribution is 5.97. The van der Waals surface area contributed by atoms with Gasteiger partial charge in [0.2, 0.25) is 0 Å². The number of ketones is 2. The number of Topliss-reactive ketones (excluding diaryl/α,β-unsaturated/α-hetero) is 2. The van der Waals surface area contributed by atoms with Gasteiger partial charge < -0.3 is 9.47 Å². The maximum Gasteiger partial charge on any atom is 0.161 e. The van der Waals surface area contributed by atoms with Crippen LogP contribution in [0.2, 0.25) is 0 Å². The molecular weight excluding hydrogens is 592 g/mol. The first-order valence-corrected chi connectivity index (χ1v) is 17.2. The van der Waals surface area contributed by atoms with Gasteiger partial charge in [0.1, 0.15) is 11.5 Å². The second-order valence-corrected chi connectivity index (χ2v) is 12.4. The van der Waals surface area contributed by atoms with Crippen molar-refractivity contribution in [2.45, 2.75) is 78.1 Å². The molecular formula is C44H44O4. The van der Waals surface area contributed by atoms with Crippen molar-refractivity contribution in [2.75, 3.05) is 13.2 Å². The van der Waals surface area contributed by atoms with Crippen LogP contribution in [0.5, 0.6) is 11.5 Å². The summed E-state index contributed by atoms with van der Waals surface area (Å²) < 4.78 is 12.8. The van der Waals surface area contributed by atoms with E-state index in [4.69, 9.17) is 9.47 Å². The molecule has 0 unspecified atom stereocenters. The van der Waals surface area contributed by atoms with E-state index in [1.54, 1.807) is 26.0 Å². The molecule has 0 aliphatic carbocycles. The van der Waals surface area contributed by atoms with Crippen molar-refractivity contribution in [3.8, 4) is 35.2 Å². The Hall–Kier alpha value is -5.06. The summed E-state index contributed by atoms with van der Waals surface area (Å²) in [5.41, 5.74) is 6.70. The van der Waals surface area contributed by atoms with Gasteiger partial charge >= 0.3 is 0 Å². The Balaban J connectivity index is 1.48. The number of ether oxygens (including phenoxy) is 2. The lowest BCUT2D eigenvalue weighted by molar-refractivity contribution is 0.100. The van der Waals surface area contributed by atoms with E-state index in [0.717, 1.165) is 64.2 Å². The van der Waals surface area contributed by atoms with E-state index in [1.807, 2.05) is 48.5 Å². The third-order valence-corrected chi connectivity index (χ3v) is 8.62. The normalized spacial score (nSPS) is 14.0. The van der Waals surface area contributed by atoms with Gasteiger partial charge in [-0.05, 0) is 75.6 Å². The molecule has 4 aliphatic rings. The van der Waals surface area contributed by atoms with Crippen LogP contribution in [0.4, 0.5) is 0 Å². The van der Waals surface area contributed by atoms with Crippen molar-refractivity contribution in [2.24, 2.45) is 0 Å². The number of rotatable bonds is 2. The van der Waals surface area contributed by atoms with Crippen molar-refractivity contribution in [1.29, 1.82) is 0 Å². The molecule has 8 rings (SSSR count). The molecule has 0 saturated carbocycles. The van der Waals surface area contributed by atoms with Crippen LogP contribution >= 0.6 is 0 Å². The Morgan fingerprint density at radius 2 is 0.854 bits per heavy atom. The Labute approximate surface area is 285 Å². The van der Waals surface area contributed by atoms with E-state index < -0.39 is 0 Å². The van der Waals surface area contributed by atoms with Gasteiger partial charge in [-0.1, -0.05) is 110 Å². The average molecular weight is 637 g/mol. The number of hydrogen-bond acceptors (Lipinski definition) is 4. The first-order valence-electron chi connectivity index (χ1n) is 17.2. The van der Waals surface area contributed by atoms with Gasteiger partial charge in [0.15, 0.2) is 11.6 Å². The number of aryl methyl sites for hydroxylation is 2. The van der Waals surface area contributed by atoms with Crippen molar-refractivity contribution < 1.29 is 19.1 Å². The number of hydrogen-bond donors (Lipinski definition) is 0. The third kappa shape index (κ3) is 9.97. The zero-order valence-corrected chi connectivity index (χ0v) is 28.2. The SMILES string of the molecule is CC(=O)c1ccccc1C#Cc1cc2c(C#Cc3ccccc3C(C)=O)cc1OCCCCCCc1ccc(cc1)CCCCCCO2. The van der Waals surface area contributed by atoms with Crippen LogP contribution in [0.15, 0.2) is 84.9 Å². The molecule has 0 atom stereocenters. The highest BCUT2D eigenvalue weighted by Gasteiger charge is 2.13. The zero-order chi connectivity index (χ0) is 33.6. The molecule has 4 nitrogen and oxygen atoms in total. The molecule has 0 saturated heterocycles. The largest absolute Gasteiger partial charge is 0.492 e. The lowest BCUT2D eigenvalue weighted by Crippen LogP contribution is -2.04. The summed E-state index contributed by atoms with van der Waals surface area (Å²) in [7, 11) is 0. The van der Waals surface area contributed by atoms with Gasteiger partial charge in [-0.3, -0.25) is 9.59 Å². The molecule has 244 valence electrons. The maximum absolute atomic E-state index is 12.3. The summed E-state index contributed by atoms with van der Waals surface area (Å²) in [6, 6.07) is 27.8. The van der Waals surface area contributed by atoms with E-state index in [9.17, 15) is 9.59 Å². The van der Waals surface area contributed by atoms with Crippen LogP contribution in [0, 0.1) is 23.7 Å². The standard InChI is InChI=1S/C44H44O4/c1-33(45)41-19-11-9-17-37(41)25-27-39-31-44-40(28-26-38-18-10-12-20-42(38)34(2)46)32-43(39)47-29-13-5-3-7-15-35-21-23-36(24-22-35)16-8-4-6-14-30-48-44/h9-12,17-24,31-32H,3-8,13-16,29-30H2,1-2H3. The lowest BCUT2D eigenvalue weighted by atomic mass is 10.0. The summed E-state index contributed by atoms with van der Waals surface area (Å²) in [5, 5.41) is 0. The molecule has 0 radical (unpaired) electrons. The molecule has 4 aliphatic heterocycles. The molecule has 4 aromatic carbocycles. The fourth-order valence-electron chi connectivity index (χ4n) is 5.87. The number of benzene rings is 4. The van der Waals surface area contributed by atoms with E-state index in [1.165, 1.54) is 11.1 Å². The summed E-state index contributed by atoms with van der Waals surface area (Å²) in [6.45, 7) is 4.21. The summed E-state index contributed by atoms with van der Waals surface area (Å²) >= 11 is 0. The predicted octanol–water partition coefficient (Wildman–Crippen LogP) is 9.57. The van der Waals surface area contributed by atoms with Crippen molar-refractivity contribution in [1.82, 2.24) is 0 Å². The first kappa shape index (κ1) is 34.3. The second-order valence-electron chi connectivity index (χ2n) is 12.4. The van der Waals surface area contributed by atoms with Crippen LogP contribution in [0.25, 0.3) is 0 Å². The molecule has 0 spiro atoms. The summed E-state index contributed by atoms with van der Waals surface area (Å²) in [6.07, 6.45) is 10.8. The number of carbonyl (C=O) groups is 2. The highest BCUT2D eigenvalue weighted by atomic mass is 16.5. The Morgan fingerprint density at radius 3 is 1.27 bits per heavy atom. The fourth-order valence-corrected chi connectivity index (χ4v) is 5.87. The smallest absolute Gasteiger partial charge is 0.161 e. The molecule has 0 fully saturated rings. The molecule has 4 heteroatoms. The molecule has 48 heavy (non-hydrogen) atoms.